The number of nitrogen functional groups attached to an aromatic ring is 1. The van der Waals surface area contributed by atoms with Crippen molar-refractivity contribution in [3.8, 4) is 0 Å². The smallest absolute Gasteiger partial charge is 0.145 e. The molecule has 1 aromatic rings. The van der Waals surface area contributed by atoms with Crippen molar-refractivity contribution in [3.05, 3.63) is 11.9 Å². The first-order chi connectivity index (χ1) is 9.13. The minimum Gasteiger partial charge on any atom is -0.366 e. The van der Waals surface area contributed by atoms with Crippen LogP contribution >= 0.6 is 11.8 Å². The zero-order valence-electron chi connectivity index (χ0n) is 11.8. The largest absolute Gasteiger partial charge is 0.366 e. The van der Waals surface area contributed by atoms with E-state index in [1.807, 2.05) is 17.8 Å². The van der Waals surface area contributed by atoms with E-state index in [0.717, 1.165) is 11.6 Å². The first-order valence-corrected chi connectivity index (χ1v) is 8.07. The normalized spacial score (nSPS) is 22.8. The lowest BCUT2D eigenvalue weighted by Crippen LogP contribution is -2.26. The van der Waals surface area contributed by atoms with Crippen molar-refractivity contribution < 1.29 is 0 Å². The summed E-state index contributed by atoms with van der Waals surface area (Å²) in [6.45, 7) is 4.17. The summed E-state index contributed by atoms with van der Waals surface area (Å²) in [5.41, 5.74) is 2.62. The van der Waals surface area contributed by atoms with Crippen molar-refractivity contribution >= 4 is 23.4 Å². The maximum atomic E-state index is 5.48. The first kappa shape index (κ1) is 14.4. The van der Waals surface area contributed by atoms with Gasteiger partial charge in [0.15, 0.2) is 0 Å². The van der Waals surface area contributed by atoms with Gasteiger partial charge in [0.1, 0.15) is 17.5 Å². The molecule has 0 bridgehead atoms. The second kappa shape index (κ2) is 6.43. The quantitative estimate of drug-likeness (QED) is 0.569. The highest BCUT2D eigenvalue weighted by atomic mass is 32.2. The van der Waals surface area contributed by atoms with Crippen LogP contribution in [0.25, 0.3) is 0 Å². The zero-order valence-corrected chi connectivity index (χ0v) is 12.6. The molecule has 1 aliphatic rings. The van der Waals surface area contributed by atoms with Gasteiger partial charge in [0.25, 0.3) is 0 Å². The summed E-state index contributed by atoms with van der Waals surface area (Å²) in [6.07, 6.45) is 5.95. The third-order valence-electron chi connectivity index (χ3n) is 3.50. The van der Waals surface area contributed by atoms with Crippen LogP contribution in [0.15, 0.2) is 6.07 Å². The Morgan fingerprint density at radius 1 is 1.32 bits per heavy atom. The Labute approximate surface area is 119 Å². The van der Waals surface area contributed by atoms with Gasteiger partial charge in [-0.3, -0.25) is 0 Å². The van der Waals surface area contributed by atoms with Gasteiger partial charge in [-0.15, -0.1) is 0 Å². The van der Waals surface area contributed by atoms with Crippen LogP contribution in [-0.2, 0) is 0 Å². The maximum Gasteiger partial charge on any atom is 0.145 e. The average molecular weight is 281 g/mol. The number of nitrogens with one attached hydrogen (secondary N) is 2. The van der Waals surface area contributed by atoms with Crippen LogP contribution in [-0.4, -0.2) is 27.5 Å². The van der Waals surface area contributed by atoms with Crippen molar-refractivity contribution in [1.82, 2.24) is 9.97 Å². The first-order valence-electron chi connectivity index (χ1n) is 6.79. The molecule has 4 N–H and O–H groups in total. The molecule has 0 amide bonds. The zero-order chi connectivity index (χ0) is 13.8. The number of hydrogen-bond donors (Lipinski definition) is 3. The van der Waals surface area contributed by atoms with Gasteiger partial charge in [-0.2, -0.15) is 11.8 Å². The molecule has 0 spiro atoms. The lowest BCUT2D eigenvalue weighted by atomic mass is 10.2. The molecule has 1 aliphatic carbocycles. The molecule has 5 nitrogen and oxygen atoms in total. The van der Waals surface area contributed by atoms with E-state index in [0.29, 0.717) is 17.1 Å². The van der Waals surface area contributed by atoms with Gasteiger partial charge in [-0.1, -0.05) is 20.3 Å². The van der Waals surface area contributed by atoms with Crippen LogP contribution in [0.2, 0.25) is 0 Å². The van der Waals surface area contributed by atoms with Gasteiger partial charge in [0, 0.05) is 23.3 Å². The predicted molar refractivity (Wildman–Crippen MR) is 82.5 cm³/mol. The van der Waals surface area contributed by atoms with Crippen molar-refractivity contribution in [3.63, 3.8) is 0 Å². The highest BCUT2D eigenvalue weighted by Crippen LogP contribution is 2.31. The lowest BCUT2D eigenvalue weighted by molar-refractivity contribution is 0.743. The van der Waals surface area contributed by atoms with Crippen LogP contribution in [0.1, 0.15) is 44.9 Å². The van der Waals surface area contributed by atoms with Gasteiger partial charge in [0.2, 0.25) is 0 Å². The topological polar surface area (TPSA) is 75.9 Å². The molecule has 6 heteroatoms. The van der Waals surface area contributed by atoms with Crippen molar-refractivity contribution in [2.45, 2.75) is 50.3 Å². The van der Waals surface area contributed by atoms with Crippen LogP contribution < -0.4 is 16.6 Å². The molecule has 19 heavy (non-hydrogen) atoms. The van der Waals surface area contributed by atoms with Crippen LogP contribution in [0.4, 0.5) is 11.6 Å². The number of anilines is 2. The number of rotatable bonds is 5. The maximum absolute atomic E-state index is 5.48. The van der Waals surface area contributed by atoms with Crippen LogP contribution in [0.3, 0.4) is 0 Å². The third-order valence-corrected chi connectivity index (χ3v) is 4.67. The fourth-order valence-corrected chi connectivity index (χ4v) is 3.37. The van der Waals surface area contributed by atoms with E-state index in [-0.39, 0.29) is 5.92 Å². The molecule has 0 aliphatic heterocycles. The third kappa shape index (κ3) is 3.51. The summed E-state index contributed by atoms with van der Waals surface area (Å²) in [4.78, 5) is 8.96. The Kier molecular flexibility index (Phi) is 4.87. The molecule has 1 fully saturated rings. The molecular weight excluding hydrogens is 258 g/mol. The molecule has 0 radical (unpaired) electrons. The molecule has 2 unspecified atom stereocenters. The Hall–Kier alpha value is -1.01. The summed E-state index contributed by atoms with van der Waals surface area (Å²) in [5, 5.41) is 4.22. The van der Waals surface area contributed by atoms with E-state index >= 15 is 0 Å². The van der Waals surface area contributed by atoms with E-state index in [9.17, 15) is 0 Å². The van der Waals surface area contributed by atoms with E-state index < -0.39 is 0 Å². The summed E-state index contributed by atoms with van der Waals surface area (Å²) in [5.74, 6) is 8.12. The Balaban J connectivity index is 2.17. The van der Waals surface area contributed by atoms with Gasteiger partial charge >= 0.3 is 0 Å². The monoisotopic (exact) mass is 281 g/mol. The molecular formula is C13H23N5S. The van der Waals surface area contributed by atoms with E-state index in [4.69, 9.17) is 5.84 Å². The molecule has 1 aromatic heterocycles. The van der Waals surface area contributed by atoms with Gasteiger partial charge in [-0.25, -0.2) is 15.8 Å². The SMILES string of the molecule is CSC1CCCC1Nc1cc(NN)nc(C(C)C)n1. The number of thioether (sulfide) groups is 1. The van der Waals surface area contributed by atoms with Crippen LogP contribution in [0.5, 0.6) is 0 Å². The fraction of sp³-hybridized carbons (Fsp3) is 0.692. The standard InChI is InChI=1S/C13H23N5S/c1-8(2)13-16-11(7-12(17-13)18-14)15-9-5-4-6-10(9)19-3/h7-10H,4-6,14H2,1-3H3,(H2,15,16,17,18). The fourth-order valence-electron chi connectivity index (χ4n) is 2.44. The Morgan fingerprint density at radius 3 is 2.68 bits per heavy atom. The molecule has 2 atom stereocenters. The molecule has 2 rings (SSSR count). The number of hydrogen-bond acceptors (Lipinski definition) is 6. The number of nitrogens with two attached hydrogens (primary N) is 1. The van der Waals surface area contributed by atoms with Gasteiger partial charge < -0.3 is 10.7 Å². The van der Waals surface area contributed by atoms with Gasteiger partial charge in [0.05, 0.1) is 0 Å². The molecule has 1 saturated carbocycles. The minimum absolute atomic E-state index is 0.286. The number of hydrazine groups is 1. The van der Waals surface area contributed by atoms with E-state index in [1.54, 1.807) is 0 Å². The van der Waals surface area contributed by atoms with Gasteiger partial charge in [-0.05, 0) is 19.1 Å². The molecule has 0 aromatic carbocycles. The van der Waals surface area contributed by atoms with Crippen molar-refractivity contribution in [2.24, 2.45) is 5.84 Å². The molecule has 1 heterocycles. The van der Waals surface area contributed by atoms with Crippen molar-refractivity contribution in [1.29, 1.82) is 0 Å². The van der Waals surface area contributed by atoms with Crippen molar-refractivity contribution in [2.75, 3.05) is 17.0 Å². The average Bonchev–Trinajstić information content (AvgIpc) is 2.85. The number of aromatic nitrogens is 2. The number of nitrogens with zero attached hydrogens (tertiary/aromatic N) is 2. The molecule has 0 saturated heterocycles. The second-order valence-electron chi connectivity index (χ2n) is 5.25. The Bertz CT molecular complexity index is 423. The highest BCUT2D eigenvalue weighted by Gasteiger charge is 2.26. The molecule has 106 valence electrons. The Morgan fingerprint density at radius 2 is 2.05 bits per heavy atom. The summed E-state index contributed by atoms with van der Waals surface area (Å²) < 4.78 is 0. The van der Waals surface area contributed by atoms with Crippen LogP contribution in [0, 0.1) is 0 Å². The van der Waals surface area contributed by atoms with E-state index in [2.05, 4.69) is 40.8 Å². The summed E-state index contributed by atoms with van der Waals surface area (Å²) in [6, 6.07) is 2.37. The van der Waals surface area contributed by atoms with E-state index in [1.165, 1.54) is 19.3 Å². The lowest BCUT2D eigenvalue weighted by Gasteiger charge is -2.20. The minimum atomic E-state index is 0.286. The highest BCUT2D eigenvalue weighted by molar-refractivity contribution is 7.99. The predicted octanol–water partition coefficient (Wildman–Crippen LogP) is 2.58. The second-order valence-corrected chi connectivity index (χ2v) is 6.33. The summed E-state index contributed by atoms with van der Waals surface area (Å²) >= 11 is 1.93. The summed E-state index contributed by atoms with van der Waals surface area (Å²) in [7, 11) is 0.